The van der Waals surface area contributed by atoms with Crippen LogP contribution < -0.4 is 4.72 Å². The van der Waals surface area contributed by atoms with E-state index in [2.05, 4.69) is 4.72 Å². The van der Waals surface area contributed by atoms with Crippen molar-refractivity contribution >= 4 is 27.5 Å². The van der Waals surface area contributed by atoms with Gasteiger partial charge in [0.1, 0.15) is 0 Å². The zero-order valence-corrected chi connectivity index (χ0v) is 14.8. The lowest BCUT2D eigenvalue weighted by Gasteiger charge is -2.18. The second-order valence-electron chi connectivity index (χ2n) is 5.30. The highest BCUT2D eigenvalue weighted by atomic mass is 35.5. The van der Waals surface area contributed by atoms with Gasteiger partial charge in [0.15, 0.2) is 0 Å². The molecule has 5 nitrogen and oxygen atoms in total. The second kappa shape index (κ2) is 8.28. The molecule has 0 atom stereocenters. The average molecular weight is 367 g/mol. The second-order valence-corrected chi connectivity index (χ2v) is 7.48. The van der Waals surface area contributed by atoms with E-state index in [0.717, 1.165) is 5.56 Å². The SMILES string of the molecule is CN(Cc1ccccc1Cl)C(=O)CCNS(=O)(=O)c1ccccc1. The lowest BCUT2D eigenvalue weighted by atomic mass is 10.2. The van der Waals surface area contributed by atoms with Gasteiger partial charge in [-0.3, -0.25) is 4.79 Å². The molecule has 0 heterocycles. The molecule has 1 amide bonds. The van der Waals surface area contributed by atoms with Gasteiger partial charge in [-0.05, 0) is 23.8 Å². The Labute approximate surface area is 147 Å². The quantitative estimate of drug-likeness (QED) is 0.819. The summed E-state index contributed by atoms with van der Waals surface area (Å²) >= 11 is 6.08. The van der Waals surface area contributed by atoms with Crippen LogP contribution in [-0.4, -0.2) is 32.8 Å². The summed E-state index contributed by atoms with van der Waals surface area (Å²) < 4.78 is 26.6. The molecule has 1 N–H and O–H groups in total. The number of amides is 1. The van der Waals surface area contributed by atoms with Gasteiger partial charge in [0.25, 0.3) is 0 Å². The lowest BCUT2D eigenvalue weighted by Crippen LogP contribution is -2.32. The highest BCUT2D eigenvalue weighted by molar-refractivity contribution is 7.89. The van der Waals surface area contributed by atoms with Crippen molar-refractivity contribution in [2.75, 3.05) is 13.6 Å². The number of hydrogen-bond acceptors (Lipinski definition) is 3. The molecule has 0 bridgehead atoms. The Kier molecular flexibility index (Phi) is 6.36. The molecule has 0 saturated carbocycles. The van der Waals surface area contributed by atoms with Crippen LogP contribution in [0.2, 0.25) is 5.02 Å². The van der Waals surface area contributed by atoms with Crippen LogP contribution in [0, 0.1) is 0 Å². The van der Waals surface area contributed by atoms with Crippen molar-refractivity contribution in [1.82, 2.24) is 9.62 Å². The Morgan fingerprint density at radius 1 is 1.08 bits per heavy atom. The maximum atomic E-state index is 12.1. The maximum absolute atomic E-state index is 12.1. The van der Waals surface area contributed by atoms with E-state index in [0.29, 0.717) is 11.6 Å². The minimum Gasteiger partial charge on any atom is -0.341 e. The first-order valence-corrected chi connectivity index (χ1v) is 9.28. The number of benzene rings is 2. The smallest absolute Gasteiger partial charge is 0.240 e. The van der Waals surface area contributed by atoms with E-state index in [9.17, 15) is 13.2 Å². The third-order valence-electron chi connectivity index (χ3n) is 3.48. The Bertz CT molecular complexity index is 794. The minimum absolute atomic E-state index is 0.0446. The van der Waals surface area contributed by atoms with E-state index in [1.54, 1.807) is 31.3 Å². The third-order valence-corrected chi connectivity index (χ3v) is 5.32. The van der Waals surface area contributed by atoms with Crippen LogP contribution in [0.25, 0.3) is 0 Å². The lowest BCUT2D eigenvalue weighted by molar-refractivity contribution is -0.130. The van der Waals surface area contributed by atoms with Gasteiger partial charge in [-0.1, -0.05) is 48.0 Å². The molecule has 7 heteroatoms. The molecule has 0 radical (unpaired) electrons. The average Bonchev–Trinajstić information content (AvgIpc) is 2.57. The van der Waals surface area contributed by atoms with Crippen molar-refractivity contribution in [3.63, 3.8) is 0 Å². The van der Waals surface area contributed by atoms with Gasteiger partial charge in [0.2, 0.25) is 15.9 Å². The van der Waals surface area contributed by atoms with Crippen molar-refractivity contribution in [2.45, 2.75) is 17.9 Å². The number of sulfonamides is 1. The largest absolute Gasteiger partial charge is 0.341 e. The Balaban J connectivity index is 1.86. The molecule has 0 spiro atoms. The molecular formula is C17H19ClN2O3S. The van der Waals surface area contributed by atoms with Crippen LogP contribution in [0.3, 0.4) is 0 Å². The molecule has 0 unspecified atom stereocenters. The number of rotatable bonds is 7. The van der Waals surface area contributed by atoms with E-state index < -0.39 is 10.0 Å². The summed E-state index contributed by atoms with van der Waals surface area (Å²) in [5.41, 5.74) is 0.847. The highest BCUT2D eigenvalue weighted by Gasteiger charge is 2.15. The van der Waals surface area contributed by atoms with Crippen molar-refractivity contribution in [3.05, 3.63) is 65.2 Å². The van der Waals surface area contributed by atoms with E-state index in [1.807, 2.05) is 18.2 Å². The molecule has 2 aromatic carbocycles. The number of carbonyl (C=O) groups excluding carboxylic acids is 1. The van der Waals surface area contributed by atoms with Crippen LogP contribution >= 0.6 is 11.6 Å². The summed E-state index contributed by atoms with van der Waals surface area (Å²) in [4.78, 5) is 13.8. The number of nitrogens with one attached hydrogen (secondary N) is 1. The monoisotopic (exact) mass is 366 g/mol. The Morgan fingerprint density at radius 3 is 2.38 bits per heavy atom. The summed E-state index contributed by atoms with van der Waals surface area (Å²) in [7, 11) is -1.93. The first kappa shape index (κ1) is 18.4. The normalized spacial score (nSPS) is 11.2. The molecule has 0 aliphatic rings. The maximum Gasteiger partial charge on any atom is 0.240 e. The van der Waals surface area contributed by atoms with Crippen molar-refractivity contribution in [2.24, 2.45) is 0 Å². The van der Waals surface area contributed by atoms with Crippen molar-refractivity contribution in [1.29, 1.82) is 0 Å². The molecule has 128 valence electrons. The summed E-state index contributed by atoms with van der Waals surface area (Å²) in [6, 6.07) is 15.4. The van der Waals surface area contributed by atoms with E-state index in [1.165, 1.54) is 17.0 Å². The summed E-state index contributed by atoms with van der Waals surface area (Å²) in [5.74, 6) is -0.161. The van der Waals surface area contributed by atoms with Gasteiger partial charge in [0.05, 0.1) is 4.90 Å². The topological polar surface area (TPSA) is 66.5 Å². The first-order chi connectivity index (χ1) is 11.4. The van der Waals surface area contributed by atoms with E-state index >= 15 is 0 Å². The van der Waals surface area contributed by atoms with Crippen LogP contribution in [-0.2, 0) is 21.4 Å². The van der Waals surface area contributed by atoms with E-state index in [-0.39, 0.29) is 23.8 Å². The van der Waals surface area contributed by atoms with Crippen LogP contribution in [0.1, 0.15) is 12.0 Å². The first-order valence-electron chi connectivity index (χ1n) is 7.42. The molecule has 2 aromatic rings. The zero-order chi connectivity index (χ0) is 17.6. The van der Waals surface area contributed by atoms with Gasteiger partial charge >= 0.3 is 0 Å². The van der Waals surface area contributed by atoms with Crippen LogP contribution in [0.4, 0.5) is 0 Å². The van der Waals surface area contributed by atoms with Crippen LogP contribution in [0.15, 0.2) is 59.5 Å². The molecule has 2 rings (SSSR count). The molecular weight excluding hydrogens is 348 g/mol. The standard InChI is InChI=1S/C17H19ClN2O3S/c1-20(13-14-7-5-6-10-16(14)18)17(21)11-12-19-24(22,23)15-8-3-2-4-9-15/h2-10,19H,11-13H2,1H3. The van der Waals surface area contributed by atoms with Gasteiger partial charge in [0, 0.05) is 31.6 Å². The fourth-order valence-electron chi connectivity index (χ4n) is 2.14. The molecule has 0 saturated heterocycles. The summed E-state index contributed by atoms with van der Waals surface area (Å²) in [5, 5.41) is 0.599. The summed E-state index contributed by atoms with van der Waals surface area (Å²) in [6.07, 6.45) is 0.0764. The van der Waals surface area contributed by atoms with E-state index in [4.69, 9.17) is 11.6 Å². The number of halogens is 1. The molecule has 0 aliphatic carbocycles. The predicted octanol–water partition coefficient (Wildman–Crippen LogP) is 2.67. The van der Waals surface area contributed by atoms with Gasteiger partial charge in [-0.2, -0.15) is 0 Å². The highest BCUT2D eigenvalue weighted by Crippen LogP contribution is 2.16. The molecule has 0 fully saturated rings. The van der Waals surface area contributed by atoms with Crippen molar-refractivity contribution in [3.8, 4) is 0 Å². The fourth-order valence-corrected chi connectivity index (χ4v) is 3.38. The minimum atomic E-state index is -3.59. The number of hydrogen-bond donors (Lipinski definition) is 1. The van der Waals surface area contributed by atoms with Gasteiger partial charge in [-0.15, -0.1) is 0 Å². The number of nitrogens with zero attached hydrogens (tertiary/aromatic N) is 1. The Hall–Kier alpha value is -1.89. The molecule has 0 aliphatic heterocycles. The molecule has 24 heavy (non-hydrogen) atoms. The summed E-state index contributed by atoms with van der Waals surface area (Å²) in [6.45, 7) is 0.423. The molecule has 0 aromatic heterocycles. The van der Waals surface area contributed by atoms with Crippen molar-refractivity contribution < 1.29 is 13.2 Å². The predicted molar refractivity (Wildman–Crippen MR) is 94.2 cm³/mol. The van der Waals surface area contributed by atoms with Gasteiger partial charge < -0.3 is 4.90 Å². The zero-order valence-electron chi connectivity index (χ0n) is 13.3. The van der Waals surface area contributed by atoms with Gasteiger partial charge in [-0.25, -0.2) is 13.1 Å². The number of carbonyl (C=O) groups is 1. The van der Waals surface area contributed by atoms with Crippen LogP contribution in [0.5, 0.6) is 0 Å². The third kappa shape index (κ3) is 5.06. The fraction of sp³-hybridized carbons (Fsp3) is 0.235. The Morgan fingerprint density at radius 2 is 1.71 bits per heavy atom.